The molecule has 5 heteroatoms. The molecule has 0 spiro atoms. The van der Waals surface area contributed by atoms with Crippen LogP contribution in [-0.2, 0) is 4.79 Å². The normalized spacial score (nSPS) is 20.1. The number of rotatable bonds is 6. The molecule has 18 heavy (non-hydrogen) atoms. The van der Waals surface area contributed by atoms with Gasteiger partial charge in [0, 0.05) is 11.4 Å². The fraction of sp³-hybridized carbons (Fsp3) is 0.615. The minimum Gasteiger partial charge on any atom is -0.321 e. The van der Waals surface area contributed by atoms with Gasteiger partial charge in [0.05, 0.1) is 6.54 Å². The van der Waals surface area contributed by atoms with E-state index in [0.29, 0.717) is 6.54 Å². The molecule has 1 aliphatic heterocycles. The van der Waals surface area contributed by atoms with Gasteiger partial charge in [0.2, 0.25) is 5.91 Å². The Morgan fingerprint density at radius 1 is 1.50 bits per heavy atom. The van der Waals surface area contributed by atoms with E-state index in [4.69, 9.17) is 0 Å². The molecule has 1 amide bonds. The minimum absolute atomic E-state index is 0.0943. The summed E-state index contributed by atoms with van der Waals surface area (Å²) in [6.45, 7) is 2.40. The summed E-state index contributed by atoms with van der Waals surface area (Å²) in [6, 6.07) is 4.13. The minimum atomic E-state index is 0.0943. The third-order valence-electron chi connectivity index (χ3n) is 3.15. The summed E-state index contributed by atoms with van der Waals surface area (Å²) in [4.78, 5) is 17.3. The molecule has 2 heterocycles. The maximum absolute atomic E-state index is 11.9. The Bertz CT molecular complexity index is 378. The number of unbranched alkanes of at least 4 members (excludes halogenated alkanes) is 1. The summed E-state index contributed by atoms with van der Waals surface area (Å²) >= 11 is 1.71. The summed E-state index contributed by atoms with van der Waals surface area (Å²) in [5.41, 5.74) is 0. The molecular formula is C13H21N3OS. The van der Waals surface area contributed by atoms with Crippen LogP contribution in [0.5, 0.6) is 0 Å². The molecule has 0 bridgehead atoms. The largest absolute Gasteiger partial charge is 0.321 e. The molecule has 4 nitrogen and oxygen atoms in total. The molecule has 2 rings (SSSR count). The highest BCUT2D eigenvalue weighted by Crippen LogP contribution is 2.26. The molecule has 0 radical (unpaired) electrons. The van der Waals surface area contributed by atoms with Crippen molar-refractivity contribution in [1.29, 1.82) is 0 Å². The van der Waals surface area contributed by atoms with Gasteiger partial charge < -0.3 is 9.80 Å². The van der Waals surface area contributed by atoms with Crippen LogP contribution < -0.4 is 5.32 Å². The molecule has 100 valence electrons. The zero-order chi connectivity index (χ0) is 13.0. The molecule has 1 aromatic heterocycles. The van der Waals surface area contributed by atoms with Crippen LogP contribution in [0.2, 0.25) is 0 Å². The summed E-state index contributed by atoms with van der Waals surface area (Å²) in [7, 11) is 4.16. The second-order valence-electron chi connectivity index (χ2n) is 4.90. The smallest absolute Gasteiger partial charge is 0.238 e. The number of amides is 1. The Morgan fingerprint density at radius 3 is 3.00 bits per heavy atom. The average Bonchev–Trinajstić information content (AvgIpc) is 2.94. The van der Waals surface area contributed by atoms with Crippen LogP contribution in [0.4, 0.5) is 0 Å². The lowest BCUT2D eigenvalue weighted by Crippen LogP contribution is -2.31. The molecule has 1 saturated heterocycles. The second-order valence-corrected chi connectivity index (χ2v) is 5.88. The standard InChI is InChI=1S/C13H21N3OS/c1-15(2)7-3-4-8-16-12(17)10-14-13(16)11-6-5-9-18-11/h5-6,9,13-14H,3-4,7-8,10H2,1-2H3. The third kappa shape index (κ3) is 3.31. The van der Waals surface area contributed by atoms with E-state index in [2.05, 4.69) is 35.8 Å². The summed E-state index contributed by atoms with van der Waals surface area (Å²) in [5, 5.41) is 5.34. The zero-order valence-corrected chi connectivity index (χ0v) is 11.9. The van der Waals surface area contributed by atoms with Gasteiger partial charge in [0.15, 0.2) is 0 Å². The van der Waals surface area contributed by atoms with Crippen molar-refractivity contribution in [2.75, 3.05) is 33.7 Å². The Labute approximate surface area is 113 Å². The molecule has 0 aliphatic carbocycles. The van der Waals surface area contributed by atoms with E-state index in [1.54, 1.807) is 11.3 Å². The van der Waals surface area contributed by atoms with Gasteiger partial charge in [-0.2, -0.15) is 0 Å². The number of carbonyl (C=O) groups excluding carboxylic acids is 1. The van der Waals surface area contributed by atoms with Gasteiger partial charge in [0.1, 0.15) is 6.17 Å². The first kappa shape index (κ1) is 13.5. The fourth-order valence-corrected chi connectivity index (χ4v) is 3.02. The van der Waals surface area contributed by atoms with E-state index in [1.807, 2.05) is 11.0 Å². The van der Waals surface area contributed by atoms with Crippen LogP contribution in [0.25, 0.3) is 0 Å². The van der Waals surface area contributed by atoms with Crippen molar-refractivity contribution in [1.82, 2.24) is 15.1 Å². The van der Waals surface area contributed by atoms with Crippen LogP contribution in [-0.4, -0.2) is 49.4 Å². The number of carbonyl (C=O) groups is 1. The topological polar surface area (TPSA) is 35.6 Å². The van der Waals surface area contributed by atoms with E-state index in [9.17, 15) is 4.79 Å². The first-order valence-corrected chi connectivity index (χ1v) is 7.27. The first-order chi connectivity index (χ1) is 8.68. The van der Waals surface area contributed by atoms with Gasteiger partial charge in [-0.25, -0.2) is 0 Å². The Morgan fingerprint density at radius 2 is 2.33 bits per heavy atom. The monoisotopic (exact) mass is 267 g/mol. The summed E-state index contributed by atoms with van der Waals surface area (Å²) in [5.74, 6) is 0.221. The number of hydrogen-bond donors (Lipinski definition) is 1. The molecule has 1 atom stereocenters. The molecule has 1 N–H and O–H groups in total. The average molecular weight is 267 g/mol. The van der Waals surface area contributed by atoms with Crippen molar-refractivity contribution in [3.63, 3.8) is 0 Å². The van der Waals surface area contributed by atoms with Gasteiger partial charge in [-0.1, -0.05) is 6.07 Å². The fourth-order valence-electron chi connectivity index (χ4n) is 2.20. The van der Waals surface area contributed by atoms with Crippen molar-refractivity contribution in [3.8, 4) is 0 Å². The van der Waals surface area contributed by atoms with Crippen molar-refractivity contribution in [2.45, 2.75) is 19.0 Å². The lowest BCUT2D eigenvalue weighted by atomic mass is 10.2. The molecule has 1 unspecified atom stereocenters. The second kappa shape index (κ2) is 6.31. The van der Waals surface area contributed by atoms with Gasteiger partial charge in [-0.05, 0) is 44.9 Å². The first-order valence-electron chi connectivity index (χ1n) is 6.39. The number of thiophene rings is 1. The van der Waals surface area contributed by atoms with Crippen molar-refractivity contribution in [3.05, 3.63) is 22.4 Å². The number of nitrogens with one attached hydrogen (secondary N) is 1. The third-order valence-corrected chi connectivity index (χ3v) is 4.07. The molecule has 1 aliphatic rings. The SMILES string of the molecule is CN(C)CCCCN1C(=O)CNC1c1cccs1. The van der Waals surface area contributed by atoms with Crippen molar-refractivity contribution >= 4 is 17.2 Å². The Kier molecular flexibility index (Phi) is 4.74. The van der Waals surface area contributed by atoms with Gasteiger partial charge >= 0.3 is 0 Å². The lowest BCUT2D eigenvalue weighted by molar-refractivity contribution is -0.128. The molecule has 0 aromatic carbocycles. The van der Waals surface area contributed by atoms with Crippen LogP contribution in [0.1, 0.15) is 23.9 Å². The van der Waals surface area contributed by atoms with Crippen LogP contribution in [0, 0.1) is 0 Å². The predicted molar refractivity (Wildman–Crippen MR) is 74.6 cm³/mol. The summed E-state index contributed by atoms with van der Waals surface area (Å²) in [6.07, 6.45) is 2.29. The highest BCUT2D eigenvalue weighted by Gasteiger charge is 2.31. The maximum Gasteiger partial charge on any atom is 0.238 e. The molecular weight excluding hydrogens is 246 g/mol. The van der Waals surface area contributed by atoms with Gasteiger partial charge in [0.25, 0.3) is 0 Å². The van der Waals surface area contributed by atoms with Gasteiger partial charge in [-0.15, -0.1) is 11.3 Å². The zero-order valence-electron chi connectivity index (χ0n) is 11.1. The Balaban J connectivity index is 1.86. The molecule has 1 fully saturated rings. The predicted octanol–water partition coefficient (Wildman–Crippen LogP) is 1.52. The van der Waals surface area contributed by atoms with E-state index in [0.717, 1.165) is 25.9 Å². The highest BCUT2D eigenvalue weighted by atomic mass is 32.1. The van der Waals surface area contributed by atoms with E-state index >= 15 is 0 Å². The van der Waals surface area contributed by atoms with Crippen molar-refractivity contribution < 1.29 is 4.79 Å². The number of nitrogens with zero attached hydrogens (tertiary/aromatic N) is 2. The quantitative estimate of drug-likeness (QED) is 0.794. The Hall–Kier alpha value is -0.910. The highest BCUT2D eigenvalue weighted by molar-refractivity contribution is 7.10. The van der Waals surface area contributed by atoms with E-state index in [-0.39, 0.29) is 12.1 Å². The molecule has 0 saturated carbocycles. The maximum atomic E-state index is 11.9. The van der Waals surface area contributed by atoms with Crippen LogP contribution in [0.15, 0.2) is 17.5 Å². The van der Waals surface area contributed by atoms with Crippen LogP contribution in [0.3, 0.4) is 0 Å². The number of hydrogen-bond acceptors (Lipinski definition) is 4. The van der Waals surface area contributed by atoms with E-state index < -0.39 is 0 Å². The lowest BCUT2D eigenvalue weighted by Gasteiger charge is -2.23. The van der Waals surface area contributed by atoms with Crippen LogP contribution >= 0.6 is 11.3 Å². The van der Waals surface area contributed by atoms with E-state index in [1.165, 1.54) is 4.88 Å². The van der Waals surface area contributed by atoms with Gasteiger partial charge in [-0.3, -0.25) is 10.1 Å². The van der Waals surface area contributed by atoms with Crippen molar-refractivity contribution in [2.24, 2.45) is 0 Å². The summed E-state index contributed by atoms with van der Waals surface area (Å²) < 4.78 is 0. The molecule has 1 aromatic rings.